The van der Waals surface area contributed by atoms with Crippen LogP contribution >= 0.6 is 11.8 Å². The molecule has 0 aliphatic carbocycles. The molecule has 24 heavy (non-hydrogen) atoms. The largest absolute Gasteiger partial charge is 0.504 e. The predicted octanol–water partition coefficient (Wildman–Crippen LogP) is 3.90. The van der Waals surface area contributed by atoms with Crippen LogP contribution in [0.1, 0.15) is 18.1 Å². The minimum absolute atomic E-state index is 0.239. The van der Waals surface area contributed by atoms with Gasteiger partial charge in [-0.25, -0.2) is 4.90 Å². The number of nitrogens with zero attached hydrogens (tertiary/aromatic N) is 1. The van der Waals surface area contributed by atoms with E-state index in [9.17, 15) is 19.8 Å². The van der Waals surface area contributed by atoms with Crippen molar-refractivity contribution in [1.82, 2.24) is 0 Å². The molecule has 0 aromatic heterocycles. The third-order valence-corrected chi connectivity index (χ3v) is 4.57. The average molecular weight is 341 g/mol. The first-order chi connectivity index (χ1) is 11.5. The van der Waals surface area contributed by atoms with Crippen molar-refractivity contribution >= 4 is 34.7 Å². The van der Waals surface area contributed by atoms with Crippen LogP contribution in [0.25, 0.3) is 6.08 Å². The summed E-state index contributed by atoms with van der Waals surface area (Å²) in [6.45, 7) is 1.97. The highest BCUT2D eigenvalue weighted by atomic mass is 32.2. The van der Waals surface area contributed by atoms with Gasteiger partial charge in [0.2, 0.25) is 0 Å². The number of aromatic hydroxyl groups is 2. The molecule has 1 saturated heterocycles. The standard InChI is InChI=1S/C18H15NO4S/c1-2-12-5-3-4-6-13(12)19-17(22)16(24-18(19)23)10-11-7-8-14(20)15(21)9-11/h3-10,20-21H,2H2,1H3/b16-10-. The number of phenols is 2. The Bertz CT molecular complexity index is 860. The van der Waals surface area contributed by atoms with E-state index in [1.165, 1.54) is 23.1 Å². The highest BCUT2D eigenvalue weighted by molar-refractivity contribution is 8.19. The molecular weight excluding hydrogens is 326 g/mol. The van der Waals surface area contributed by atoms with E-state index in [-0.39, 0.29) is 21.6 Å². The Balaban J connectivity index is 1.97. The molecule has 1 aliphatic heterocycles. The second-order valence-corrected chi connectivity index (χ2v) is 6.24. The molecule has 0 atom stereocenters. The molecule has 5 nitrogen and oxygen atoms in total. The lowest BCUT2D eigenvalue weighted by molar-refractivity contribution is -0.113. The van der Waals surface area contributed by atoms with E-state index in [4.69, 9.17) is 0 Å². The predicted molar refractivity (Wildman–Crippen MR) is 94.0 cm³/mol. The monoisotopic (exact) mass is 341 g/mol. The average Bonchev–Trinajstić information content (AvgIpc) is 2.85. The summed E-state index contributed by atoms with van der Waals surface area (Å²) in [4.78, 5) is 26.4. The Labute approximate surface area is 143 Å². The Morgan fingerprint density at radius 3 is 2.54 bits per heavy atom. The van der Waals surface area contributed by atoms with Crippen molar-refractivity contribution in [2.45, 2.75) is 13.3 Å². The van der Waals surface area contributed by atoms with Gasteiger partial charge in [0.1, 0.15) is 0 Å². The summed E-state index contributed by atoms with van der Waals surface area (Å²) < 4.78 is 0. The van der Waals surface area contributed by atoms with Gasteiger partial charge < -0.3 is 10.2 Å². The first-order valence-corrected chi connectivity index (χ1v) is 8.20. The van der Waals surface area contributed by atoms with Crippen LogP contribution < -0.4 is 4.90 Å². The Morgan fingerprint density at radius 2 is 1.83 bits per heavy atom. The van der Waals surface area contributed by atoms with Crippen LogP contribution in [0, 0.1) is 0 Å². The second kappa shape index (κ2) is 6.41. The fourth-order valence-electron chi connectivity index (χ4n) is 2.48. The van der Waals surface area contributed by atoms with E-state index in [1.807, 2.05) is 19.1 Å². The lowest BCUT2D eigenvalue weighted by atomic mass is 10.1. The summed E-state index contributed by atoms with van der Waals surface area (Å²) in [5.41, 5.74) is 2.04. The lowest BCUT2D eigenvalue weighted by Gasteiger charge is -2.16. The number of aryl methyl sites for hydroxylation is 1. The van der Waals surface area contributed by atoms with E-state index < -0.39 is 5.91 Å². The lowest BCUT2D eigenvalue weighted by Crippen LogP contribution is -2.28. The molecule has 2 N–H and O–H groups in total. The molecule has 122 valence electrons. The number of anilines is 1. The number of carbonyl (C=O) groups is 2. The fourth-order valence-corrected chi connectivity index (χ4v) is 3.32. The van der Waals surface area contributed by atoms with Crippen LogP contribution in [-0.2, 0) is 11.2 Å². The van der Waals surface area contributed by atoms with Crippen molar-refractivity contribution in [1.29, 1.82) is 0 Å². The van der Waals surface area contributed by atoms with Crippen LogP contribution in [0.4, 0.5) is 10.5 Å². The molecule has 3 rings (SSSR count). The highest BCUT2D eigenvalue weighted by Gasteiger charge is 2.37. The van der Waals surface area contributed by atoms with Crippen molar-refractivity contribution in [3.05, 3.63) is 58.5 Å². The molecule has 0 bridgehead atoms. The molecule has 1 heterocycles. The molecular formula is C18H15NO4S. The third kappa shape index (κ3) is 2.88. The van der Waals surface area contributed by atoms with Crippen molar-refractivity contribution in [3.8, 4) is 11.5 Å². The Morgan fingerprint density at radius 1 is 1.08 bits per heavy atom. The molecule has 0 unspecified atom stereocenters. The Kier molecular flexibility index (Phi) is 4.31. The Hall–Kier alpha value is -2.73. The van der Waals surface area contributed by atoms with E-state index in [2.05, 4.69) is 0 Å². The number of rotatable bonds is 3. The second-order valence-electron chi connectivity index (χ2n) is 5.25. The van der Waals surface area contributed by atoms with E-state index >= 15 is 0 Å². The van der Waals surface area contributed by atoms with Gasteiger partial charge >= 0.3 is 0 Å². The van der Waals surface area contributed by atoms with Crippen LogP contribution in [-0.4, -0.2) is 21.4 Å². The number of thioether (sulfide) groups is 1. The molecule has 6 heteroatoms. The molecule has 0 radical (unpaired) electrons. The van der Waals surface area contributed by atoms with Gasteiger partial charge in [-0.3, -0.25) is 9.59 Å². The normalized spacial score (nSPS) is 16.2. The van der Waals surface area contributed by atoms with Crippen molar-refractivity contribution in [2.24, 2.45) is 0 Å². The summed E-state index contributed by atoms with van der Waals surface area (Å²) in [7, 11) is 0. The number of imide groups is 1. The van der Waals surface area contributed by atoms with Gasteiger partial charge in [-0.1, -0.05) is 31.2 Å². The molecule has 2 aromatic rings. The molecule has 0 saturated carbocycles. The van der Waals surface area contributed by atoms with Crippen LogP contribution in [0.5, 0.6) is 11.5 Å². The van der Waals surface area contributed by atoms with Gasteiger partial charge in [-0.15, -0.1) is 0 Å². The number of amides is 2. The fraction of sp³-hybridized carbons (Fsp3) is 0.111. The maximum Gasteiger partial charge on any atom is 0.298 e. The van der Waals surface area contributed by atoms with Gasteiger partial charge in [0.15, 0.2) is 11.5 Å². The SMILES string of the molecule is CCc1ccccc1N1C(=O)S/C(=C\c2ccc(O)c(O)c2)C1=O. The van der Waals surface area contributed by atoms with E-state index in [0.717, 1.165) is 17.3 Å². The minimum atomic E-state index is -0.390. The highest BCUT2D eigenvalue weighted by Crippen LogP contribution is 2.37. The third-order valence-electron chi connectivity index (χ3n) is 3.70. The smallest absolute Gasteiger partial charge is 0.298 e. The summed E-state index contributed by atoms with van der Waals surface area (Å²) >= 11 is 0.855. The summed E-state index contributed by atoms with van der Waals surface area (Å²) in [6.07, 6.45) is 2.24. The number of hydrogen-bond donors (Lipinski definition) is 2. The number of benzene rings is 2. The van der Waals surface area contributed by atoms with Crippen molar-refractivity contribution in [3.63, 3.8) is 0 Å². The van der Waals surface area contributed by atoms with Crippen molar-refractivity contribution in [2.75, 3.05) is 4.90 Å². The number of hydrogen-bond acceptors (Lipinski definition) is 5. The topological polar surface area (TPSA) is 77.8 Å². The van der Waals surface area contributed by atoms with E-state index in [0.29, 0.717) is 17.7 Å². The zero-order valence-electron chi connectivity index (χ0n) is 12.9. The summed E-state index contributed by atoms with van der Waals surface area (Å²) in [5.74, 6) is -0.908. The quantitative estimate of drug-likeness (QED) is 0.654. The minimum Gasteiger partial charge on any atom is -0.504 e. The molecule has 1 aliphatic rings. The van der Waals surface area contributed by atoms with Gasteiger partial charge in [0, 0.05) is 0 Å². The van der Waals surface area contributed by atoms with Crippen LogP contribution in [0.3, 0.4) is 0 Å². The molecule has 2 amide bonds. The van der Waals surface area contributed by atoms with Gasteiger partial charge in [-0.2, -0.15) is 0 Å². The zero-order valence-corrected chi connectivity index (χ0v) is 13.7. The maximum absolute atomic E-state index is 12.6. The number of para-hydroxylation sites is 1. The van der Waals surface area contributed by atoms with Gasteiger partial charge in [0.25, 0.3) is 11.1 Å². The van der Waals surface area contributed by atoms with Crippen molar-refractivity contribution < 1.29 is 19.8 Å². The van der Waals surface area contributed by atoms with Gasteiger partial charge in [0.05, 0.1) is 10.6 Å². The summed E-state index contributed by atoms with van der Waals surface area (Å²) in [5, 5.41) is 18.5. The summed E-state index contributed by atoms with van der Waals surface area (Å²) in [6, 6.07) is 11.5. The number of phenolic OH excluding ortho intramolecular Hbond substituents is 2. The first-order valence-electron chi connectivity index (χ1n) is 7.39. The van der Waals surface area contributed by atoms with Crippen LogP contribution in [0.15, 0.2) is 47.4 Å². The van der Waals surface area contributed by atoms with Crippen LogP contribution in [0.2, 0.25) is 0 Å². The van der Waals surface area contributed by atoms with E-state index in [1.54, 1.807) is 18.2 Å². The molecule has 2 aromatic carbocycles. The number of carbonyl (C=O) groups excluding carboxylic acids is 2. The maximum atomic E-state index is 12.6. The first kappa shape index (κ1) is 16.1. The molecule has 0 spiro atoms. The zero-order chi connectivity index (χ0) is 17.3. The molecule has 1 fully saturated rings. The van der Waals surface area contributed by atoms with Gasteiger partial charge in [-0.05, 0) is 53.6 Å².